The molecule has 0 saturated heterocycles. The standard InChI is InChI=1S/C26H23FN2O2.C25H21FN2O2.C20H18BrFN2O2.C20H19FN2O2.C12H15NO2.BBr3/c1-18-23(20-12-7-4-8-13-20)26(30)29(17-16-19-10-5-3-6-11-19)25(28-18)21-14-9-15-22(31-2)24(21)27;1-17-22(19-11-6-3-7-12-19)25(30)28(16-15-18-9-4-2-5-10-18)24(27-17)20-13-8-14-21(29)23(20)26;1-13-17(21)20(25)24(12-11-14-7-4-3-5-8-14)19(23-13)15-9-6-10-16(26-2)18(15)22;1-14-13-18(24)23(12-11-15-7-4-3-5-8-15)20(22-14)16-9-6-10-17(25-2)19(16)21;1-10(14)9-12(15)13-8-7-11-5-3-2-4-6-11;2-1(3)4/h3-15H,16-17H2,1-2H3;2-14,29H,15-16H2,1H3;3-10H,11-12H2,1-2H3;3-10,13H,11-12H2,1-2H3;2-6H,7-9H2,1H3,(H,13,15);. The lowest BCUT2D eigenvalue weighted by atomic mass is 10.0. The first-order valence-electron chi connectivity index (χ1n) is 41.7. The minimum absolute atomic E-state index is 0.0191. The molecule has 19 nitrogen and oxygen atoms in total. The summed E-state index contributed by atoms with van der Waals surface area (Å²) in [6, 6.07) is 88.4. The van der Waals surface area contributed by atoms with Gasteiger partial charge >= 0.3 is 3.18 Å². The van der Waals surface area contributed by atoms with Crippen LogP contribution in [0, 0.1) is 51.0 Å². The number of aromatic nitrogens is 8. The molecule has 28 heteroatoms. The largest absolute Gasteiger partial charge is 0.505 e. The first-order chi connectivity index (χ1) is 63.2. The van der Waals surface area contributed by atoms with Gasteiger partial charge in [-0.1, -0.05) is 237 Å². The van der Waals surface area contributed by atoms with Crippen molar-refractivity contribution >= 4 is 78.1 Å². The van der Waals surface area contributed by atoms with Gasteiger partial charge in [0.2, 0.25) is 5.91 Å². The van der Waals surface area contributed by atoms with Crippen LogP contribution in [-0.4, -0.2) is 86.1 Å². The maximum absolute atomic E-state index is 15.1. The number of nitrogens with one attached hydrogen (secondary N) is 1. The summed E-state index contributed by atoms with van der Waals surface area (Å²) in [7, 11) is 4.24. The molecule has 0 aliphatic rings. The molecule has 0 aliphatic heterocycles. The number of rotatable bonds is 26. The Morgan fingerprint density at radius 1 is 0.382 bits per heavy atom. The molecule has 0 aliphatic carbocycles. The highest BCUT2D eigenvalue weighted by molar-refractivity contribution is 9.69. The monoisotopic (exact) mass is 2020 g/mol. The predicted molar refractivity (Wildman–Crippen MR) is 526 cm³/mol. The third-order valence-corrected chi connectivity index (χ3v) is 21.5. The van der Waals surface area contributed by atoms with Gasteiger partial charge < -0.3 is 24.6 Å². The lowest BCUT2D eigenvalue weighted by Gasteiger charge is -2.17. The smallest absolute Gasteiger partial charge is 0.369 e. The number of amides is 1. The van der Waals surface area contributed by atoms with Crippen LogP contribution >= 0.6 is 63.2 Å². The number of methoxy groups -OCH3 is 3. The number of nitrogens with zero attached hydrogens (tertiary/aromatic N) is 8. The van der Waals surface area contributed by atoms with E-state index in [-0.39, 0.29) is 88.9 Å². The topological polar surface area (TPSA) is 234 Å². The molecule has 0 fully saturated rings. The Balaban J connectivity index is 0.000000171. The Morgan fingerprint density at radius 2 is 0.672 bits per heavy atom. The molecule has 0 atom stereocenters. The summed E-state index contributed by atoms with van der Waals surface area (Å²) in [4.78, 5) is 92.4. The fourth-order valence-electron chi connectivity index (χ4n) is 14.2. The molecule has 0 bridgehead atoms. The number of phenols is 1. The normalized spacial score (nSPS) is 10.5. The van der Waals surface area contributed by atoms with Gasteiger partial charge in [-0.25, -0.2) is 37.5 Å². The van der Waals surface area contributed by atoms with Crippen molar-refractivity contribution in [1.82, 2.24) is 43.5 Å². The predicted octanol–water partition coefficient (Wildman–Crippen LogP) is 21.7. The molecule has 0 radical (unpaired) electrons. The number of Topliss-reactive ketones (excluding diaryl/α,β-unsaturated/α-hetero) is 1. The van der Waals surface area contributed by atoms with Gasteiger partial charge in [0.15, 0.2) is 46.3 Å². The zero-order valence-electron chi connectivity index (χ0n) is 73.3. The third-order valence-electron chi connectivity index (χ3n) is 20.6. The highest BCUT2D eigenvalue weighted by Gasteiger charge is 2.26. The summed E-state index contributed by atoms with van der Waals surface area (Å²) in [6.45, 7) is 10.5. The molecule has 2 N–H and O–H groups in total. The van der Waals surface area contributed by atoms with Crippen molar-refractivity contribution in [2.75, 3.05) is 27.9 Å². The fraction of sp³-hybridized carbons (Fsp3) is 0.184. The van der Waals surface area contributed by atoms with Gasteiger partial charge in [0, 0.05) is 44.5 Å². The van der Waals surface area contributed by atoms with E-state index in [0.29, 0.717) is 114 Å². The number of ketones is 1. The van der Waals surface area contributed by atoms with E-state index in [1.165, 1.54) is 71.8 Å². The number of hydrogen-bond donors (Lipinski definition) is 2. The molecule has 4 heterocycles. The lowest BCUT2D eigenvalue weighted by Crippen LogP contribution is -2.27. The van der Waals surface area contributed by atoms with E-state index in [0.717, 1.165) is 39.8 Å². The molecule has 1 amide bonds. The fourth-order valence-corrected chi connectivity index (χ4v) is 14.5. The average Bonchev–Trinajstić information content (AvgIpc) is 0.778. The van der Waals surface area contributed by atoms with Gasteiger partial charge in [-0.05, 0) is 170 Å². The molecular formula is C103H96BBr4F4N9O10. The van der Waals surface area contributed by atoms with Crippen molar-refractivity contribution < 1.29 is 46.5 Å². The number of hydrogen-bond acceptors (Lipinski definition) is 14. The molecule has 672 valence electrons. The minimum atomic E-state index is -0.787. The molecule has 0 unspecified atom stereocenters. The summed E-state index contributed by atoms with van der Waals surface area (Å²) < 4.78 is 81.3. The van der Waals surface area contributed by atoms with Crippen molar-refractivity contribution in [3.8, 4) is 90.8 Å². The summed E-state index contributed by atoms with van der Waals surface area (Å²) >= 11 is 12.6. The van der Waals surface area contributed by atoms with Crippen LogP contribution in [0.25, 0.3) is 67.8 Å². The highest BCUT2D eigenvalue weighted by atomic mass is 79.9. The van der Waals surface area contributed by atoms with Crippen LogP contribution in [0.5, 0.6) is 23.0 Å². The second kappa shape index (κ2) is 50.2. The number of ether oxygens (including phenoxy) is 3. The van der Waals surface area contributed by atoms with Gasteiger partial charge in [-0.3, -0.25) is 47.0 Å². The molecular weight excluding hydrogens is 1930 g/mol. The second-order valence-electron chi connectivity index (χ2n) is 29.7. The van der Waals surface area contributed by atoms with Crippen LogP contribution in [0.15, 0.2) is 315 Å². The van der Waals surface area contributed by atoms with Crippen LogP contribution in [0.2, 0.25) is 0 Å². The van der Waals surface area contributed by atoms with Crippen LogP contribution in [0.3, 0.4) is 0 Å². The Morgan fingerprint density at radius 3 is 1.01 bits per heavy atom. The number of aromatic hydroxyl groups is 1. The first-order valence-corrected chi connectivity index (χ1v) is 45.3. The van der Waals surface area contributed by atoms with E-state index in [2.05, 4.69) is 83.5 Å². The summed E-state index contributed by atoms with van der Waals surface area (Å²) in [5.41, 5.74) is 10.3. The Bertz CT molecular complexity index is 6600. The summed E-state index contributed by atoms with van der Waals surface area (Å²) in [5, 5.41) is 12.5. The van der Waals surface area contributed by atoms with E-state index < -0.39 is 29.0 Å². The van der Waals surface area contributed by atoms with Gasteiger partial charge in [-0.2, -0.15) is 0 Å². The average molecular weight is 2030 g/mol. The van der Waals surface area contributed by atoms with Crippen LogP contribution < -0.4 is 41.8 Å². The Kier molecular flexibility index (Phi) is 38.4. The Hall–Kier alpha value is -13.0. The van der Waals surface area contributed by atoms with Crippen molar-refractivity contribution in [2.24, 2.45) is 0 Å². The van der Waals surface area contributed by atoms with Crippen molar-refractivity contribution in [3.05, 3.63) is 411 Å². The van der Waals surface area contributed by atoms with Gasteiger partial charge in [0.1, 0.15) is 33.6 Å². The number of phenolic OH excluding ortho intramolecular Hbond substituents is 1. The van der Waals surface area contributed by atoms with Gasteiger partial charge in [0.25, 0.3) is 22.2 Å². The molecule has 15 rings (SSSR count). The number of benzene rings is 11. The van der Waals surface area contributed by atoms with Crippen LogP contribution in [-0.2, 0) is 67.9 Å². The maximum atomic E-state index is 15.1. The van der Waals surface area contributed by atoms with Crippen molar-refractivity contribution in [3.63, 3.8) is 0 Å². The lowest BCUT2D eigenvalue weighted by molar-refractivity contribution is -0.127. The van der Waals surface area contributed by atoms with Gasteiger partial charge in [-0.15, -0.1) is 47.3 Å². The van der Waals surface area contributed by atoms with E-state index >= 15 is 4.39 Å². The number of carbonyl (C=O) groups is 2. The molecule has 4 aromatic heterocycles. The summed E-state index contributed by atoms with van der Waals surface area (Å²) in [6.07, 6.45) is 3.28. The summed E-state index contributed by atoms with van der Waals surface area (Å²) in [5.74, 6) is -1.65. The Labute approximate surface area is 791 Å². The van der Waals surface area contributed by atoms with E-state index in [1.807, 2.05) is 212 Å². The minimum Gasteiger partial charge on any atom is -0.505 e. The van der Waals surface area contributed by atoms with E-state index in [9.17, 15) is 47.0 Å². The molecule has 0 saturated carbocycles. The zero-order chi connectivity index (χ0) is 94.0. The SMILES string of the molecule is BrB(Br)Br.CC(=O)CC(=O)NCCc1ccccc1.COc1cccc(-c2nc(C)c(-c3ccccc3)c(=O)n2CCc2ccccc2)c1F.COc1cccc(-c2nc(C)c(Br)c(=O)n2CCc2ccccc2)c1F.COc1cccc(-c2nc(C)cc(=O)n2CCc2ccccc2)c1F.Cc1nc(-c2cccc(O)c2F)n(CCc2ccccc2)c(=O)c1-c1ccccc1. The number of aryl methyl sites for hydroxylation is 8. The number of halogens is 8. The quantitative estimate of drug-likeness (QED) is 0.0292. The third kappa shape index (κ3) is 28.0. The molecule has 131 heavy (non-hydrogen) atoms. The van der Waals surface area contributed by atoms with E-state index in [1.54, 1.807) is 86.9 Å². The molecule has 15 aromatic rings. The maximum Gasteiger partial charge on any atom is 0.369 e. The zero-order valence-corrected chi connectivity index (χ0v) is 79.6. The second-order valence-corrected chi connectivity index (χ2v) is 36.9. The van der Waals surface area contributed by atoms with Crippen molar-refractivity contribution in [1.29, 1.82) is 0 Å². The van der Waals surface area contributed by atoms with Gasteiger partial charge in [0.05, 0.1) is 78.2 Å². The van der Waals surface area contributed by atoms with Crippen LogP contribution in [0.1, 0.15) is 63.9 Å². The van der Waals surface area contributed by atoms with Crippen molar-refractivity contribution in [2.45, 2.75) is 99.3 Å². The van der Waals surface area contributed by atoms with Crippen LogP contribution in [0.4, 0.5) is 17.6 Å². The first kappa shape index (κ1) is 100. The molecule has 0 spiro atoms. The highest BCUT2D eigenvalue weighted by Crippen LogP contribution is 2.34. The van der Waals surface area contributed by atoms with E-state index in [4.69, 9.17) is 19.2 Å². The molecule has 11 aromatic carbocycles. The number of carbonyl (C=O) groups excluding carboxylic acids is 2.